The van der Waals surface area contributed by atoms with E-state index in [9.17, 15) is 14.4 Å². The van der Waals surface area contributed by atoms with Gasteiger partial charge in [-0.15, -0.1) is 0 Å². The predicted octanol–water partition coefficient (Wildman–Crippen LogP) is 4.95. The number of hydrogen-bond donors (Lipinski definition) is 2. The molecule has 1 aromatic rings. The van der Waals surface area contributed by atoms with Gasteiger partial charge in [0.15, 0.2) is 0 Å². The molecule has 1 aliphatic carbocycles. The van der Waals surface area contributed by atoms with Gasteiger partial charge in [0, 0.05) is 12.6 Å². The maximum atomic E-state index is 13.7. The average molecular weight is 474 g/mol. The number of carbonyl (C=O) groups excluding carboxylic acids is 3. The molecule has 2 rings (SSSR count). The van der Waals surface area contributed by atoms with Gasteiger partial charge in [0.25, 0.3) is 0 Å². The molecule has 2 N–H and O–H groups in total. The van der Waals surface area contributed by atoms with Crippen LogP contribution < -0.4 is 10.6 Å². The number of nitrogens with zero attached hydrogens (tertiary/aromatic N) is 1. The second-order valence-corrected chi connectivity index (χ2v) is 10.4. The van der Waals surface area contributed by atoms with Gasteiger partial charge in [0.1, 0.15) is 18.2 Å². The Kier molecular flexibility index (Phi) is 10.4. The SMILES string of the molecule is CCCCN(C(=O)CNC(=O)OC(C)(C)C)C(C(=O)NC1CCCCC1)c1cc(C)ccc1C. The summed E-state index contributed by atoms with van der Waals surface area (Å²) in [7, 11) is 0. The topological polar surface area (TPSA) is 87.7 Å². The maximum Gasteiger partial charge on any atom is 0.408 e. The molecule has 0 aliphatic heterocycles. The zero-order chi connectivity index (χ0) is 25.3. The van der Waals surface area contributed by atoms with E-state index in [0.29, 0.717) is 6.54 Å². The Morgan fingerprint density at radius 2 is 1.79 bits per heavy atom. The number of unbranched alkanes of at least 4 members (excludes halogenated alkanes) is 1. The molecule has 190 valence electrons. The zero-order valence-corrected chi connectivity index (χ0v) is 21.8. The lowest BCUT2D eigenvalue weighted by Gasteiger charge is -2.34. The summed E-state index contributed by atoms with van der Waals surface area (Å²) in [6, 6.07) is 5.39. The lowest BCUT2D eigenvalue weighted by atomic mass is 9.93. The number of rotatable bonds is 9. The van der Waals surface area contributed by atoms with Crippen molar-refractivity contribution in [3.63, 3.8) is 0 Å². The van der Waals surface area contributed by atoms with Crippen LogP contribution in [0.3, 0.4) is 0 Å². The van der Waals surface area contributed by atoms with Gasteiger partial charge in [-0.05, 0) is 65.0 Å². The summed E-state index contributed by atoms with van der Waals surface area (Å²) < 4.78 is 5.28. The van der Waals surface area contributed by atoms with E-state index in [4.69, 9.17) is 4.74 Å². The van der Waals surface area contributed by atoms with Crippen LogP contribution in [0.15, 0.2) is 18.2 Å². The van der Waals surface area contributed by atoms with Crippen LogP contribution in [0.4, 0.5) is 4.79 Å². The second-order valence-electron chi connectivity index (χ2n) is 10.4. The van der Waals surface area contributed by atoms with Crippen LogP contribution in [0.2, 0.25) is 0 Å². The molecule has 0 spiro atoms. The molecule has 1 unspecified atom stereocenters. The normalized spacial score (nSPS) is 15.4. The number of nitrogens with one attached hydrogen (secondary N) is 2. The van der Waals surface area contributed by atoms with Crippen molar-refractivity contribution in [3.05, 3.63) is 34.9 Å². The summed E-state index contributed by atoms with van der Waals surface area (Å²) in [6.07, 6.45) is 6.34. The first-order valence-electron chi connectivity index (χ1n) is 12.7. The molecule has 1 aromatic carbocycles. The molecule has 1 atom stereocenters. The van der Waals surface area contributed by atoms with E-state index in [1.807, 2.05) is 32.0 Å². The van der Waals surface area contributed by atoms with E-state index in [1.165, 1.54) is 6.42 Å². The minimum atomic E-state index is -0.749. The summed E-state index contributed by atoms with van der Waals surface area (Å²) in [5.74, 6) is -0.452. The molecule has 0 bridgehead atoms. The Balaban J connectivity index is 2.32. The smallest absolute Gasteiger partial charge is 0.408 e. The van der Waals surface area contributed by atoms with Crippen LogP contribution in [-0.2, 0) is 14.3 Å². The molecule has 0 radical (unpaired) electrons. The van der Waals surface area contributed by atoms with Crippen LogP contribution >= 0.6 is 0 Å². The highest BCUT2D eigenvalue weighted by molar-refractivity contribution is 5.90. The fourth-order valence-electron chi connectivity index (χ4n) is 4.32. The summed E-state index contributed by atoms with van der Waals surface area (Å²) >= 11 is 0. The third-order valence-electron chi connectivity index (χ3n) is 6.10. The van der Waals surface area contributed by atoms with E-state index in [1.54, 1.807) is 25.7 Å². The van der Waals surface area contributed by atoms with Crippen molar-refractivity contribution in [2.45, 2.75) is 104 Å². The first-order chi connectivity index (χ1) is 16.0. The fraction of sp³-hybridized carbons (Fsp3) is 0.667. The number of benzene rings is 1. The summed E-state index contributed by atoms with van der Waals surface area (Å²) in [5.41, 5.74) is 2.17. The first kappa shape index (κ1) is 27.7. The van der Waals surface area contributed by atoms with Gasteiger partial charge in [-0.3, -0.25) is 9.59 Å². The number of alkyl carbamates (subject to hydrolysis) is 1. The van der Waals surface area contributed by atoms with Crippen molar-refractivity contribution >= 4 is 17.9 Å². The van der Waals surface area contributed by atoms with Crippen molar-refractivity contribution in [3.8, 4) is 0 Å². The minimum absolute atomic E-state index is 0.136. The molecular formula is C27H43N3O4. The zero-order valence-electron chi connectivity index (χ0n) is 21.8. The molecule has 0 heterocycles. The van der Waals surface area contributed by atoms with Gasteiger partial charge in [-0.1, -0.05) is 56.4 Å². The highest BCUT2D eigenvalue weighted by atomic mass is 16.6. The number of aryl methyl sites for hydroxylation is 2. The van der Waals surface area contributed by atoms with Crippen LogP contribution in [0, 0.1) is 13.8 Å². The van der Waals surface area contributed by atoms with Crippen molar-refractivity contribution in [1.82, 2.24) is 15.5 Å². The highest BCUT2D eigenvalue weighted by Crippen LogP contribution is 2.28. The van der Waals surface area contributed by atoms with Crippen molar-refractivity contribution < 1.29 is 19.1 Å². The summed E-state index contributed by atoms with van der Waals surface area (Å²) in [5, 5.41) is 5.79. The lowest BCUT2D eigenvalue weighted by molar-refractivity contribution is -0.140. The van der Waals surface area contributed by atoms with Crippen LogP contribution in [0.25, 0.3) is 0 Å². The predicted molar refractivity (Wildman–Crippen MR) is 135 cm³/mol. The molecule has 34 heavy (non-hydrogen) atoms. The third kappa shape index (κ3) is 8.65. The second kappa shape index (κ2) is 12.8. The van der Waals surface area contributed by atoms with E-state index in [-0.39, 0.29) is 24.4 Å². The van der Waals surface area contributed by atoms with Gasteiger partial charge in [-0.2, -0.15) is 0 Å². The maximum absolute atomic E-state index is 13.7. The van der Waals surface area contributed by atoms with Crippen molar-refractivity contribution in [1.29, 1.82) is 0 Å². The molecule has 7 heteroatoms. The number of ether oxygens (including phenoxy) is 1. The quantitative estimate of drug-likeness (QED) is 0.531. The Bertz CT molecular complexity index is 841. The highest BCUT2D eigenvalue weighted by Gasteiger charge is 2.33. The molecule has 0 saturated heterocycles. The lowest BCUT2D eigenvalue weighted by Crippen LogP contribution is -2.50. The summed E-state index contributed by atoms with van der Waals surface area (Å²) in [6.45, 7) is 11.5. The van der Waals surface area contributed by atoms with Crippen LogP contribution in [-0.4, -0.2) is 47.5 Å². The van der Waals surface area contributed by atoms with Crippen molar-refractivity contribution in [2.75, 3.05) is 13.1 Å². The van der Waals surface area contributed by atoms with Gasteiger partial charge in [0.2, 0.25) is 11.8 Å². The summed E-state index contributed by atoms with van der Waals surface area (Å²) in [4.78, 5) is 40.9. The fourth-order valence-corrected chi connectivity index (χ4v) is 4.32. The molecule has 7 nitrogen and oxygen atoms in total. The monoisotopic (exact) mass is 473 g/mol. The van der Waals surface area contributed by atoms with Gasteiger partial charge < -0.3 is 20.3 Å². The van der Waals surface area contributed by atoms with Gasteiger partial charge in [0.05, 0.1) is 0 Å². The average Bonchev–Trinajstić information content (AvgIpc) is 2.76. The Labute approximate surface area is 205 Å². The Morgan fingerprint density at radius 1 is 1.12 bits per heavy atom. The molecule has 0 aromatic heterocycles. The molecule has 3 amide bonds. The number of amides is 3. The third-order valence-corrected chi connectivity index (χ3v) is 6.10. The van der Waals surface area contributed by atoms with Gasteiger partial charge in [-0.25, -0.2) is 4.79 Å². The molecule has 1 aliphatic rings. The van der Waals surface area contributed by atoms with Crippen LogP contribution in [0.5, 0.6) is 0 Å². The molecule has 1 fully saturated rings. The number of carbonyl (C=O) groups is 3. The van der Waals surface area contributed by atoms with E-state index in [2.05, 4.69) is 17.6 Å². The number of hydrogen-bond acceptors (Lipinski definition) is 4. The minimum Gasteiger partial charge on any atom is -0.444 e. The standard InChI is InChI=1S/C27H43N3O4/c1-7-8-16-30(23(31)18-28-26(33)34-27(4,5)6)24(22-17-19(2)14-15-20(22)3)25(32)29-21-12-10-9-11-13-21/h14-15,17,21,24H,7-13,16,18H2,1-6H3,(H,28,33)(H,29,32). The van der Waals surface area contributed by atoms with E-state index < -0.39 is 17.7 Å². The first-order valence-corrected chi connectivity index (χ1v) is 12.7. The van der Waals surface area contributed by atoms with Crippen molar-refractivity contribution in [2.24, 2.45) is 0 Å². The Hall–Kier alpha value is -2.57. The Morgan fingerprint density at radius 3 is 2.41 bits per heavy atom. The van der Waals surface area contributed by atoms with E-state index in [0.717, 1.165) is 55.2 Å². The van der Waals surface area contributed by atoms with Crippen LogP contribution in [0.1, 0.15) is 95.4 Å². The van der Waals surface area contributed by atoms with E-state index >= 15 is 0 Å². The molecular weight excluding hydrogens is 430 g/mol. The largest absolute Gasteiger partial charge is 0.444 e. The van der Waals surface area contributed by atoms with Gasteiger partial charge >= 0.3 is 6.09 Å². The molecule has 1 saturated carbocycles.